The van der Waals surface area contributed by atoms with Gasteiger partial charge in [-0.05, 0) is 84.8 Å². The summed E-state index contributed by atoms with van der Waals surface area (Å²) in [4.78, 5) is 44.0. The Labute approximate surface area is 257 Å². The quantitative estimate of drug-likeness (QED) is 0.120. The van der Waals surface area contributed by atoms with Crippen LogP contribution in [0, 0.1) is 6.92 Å². The summed E-state index contributed by atoms with van der Waals surface area (Å²) in [5.41, 5.74) is 3.72. The molecular weight excluding hydrogens is 581 g/mol. The summed E-state index contributed by atoms with van der Waals surface area (Å²) < 4.78 is 6.32. The van der Waals surface area contributed by atoms with E-state index in [9.17, 15) is 14.4 Å². The Kier molecular flexibility index (Phi) is 9.50. The smallest absolute Gasteiger partial charge is 0.272 e. The standard InChI is InChI=1S/C33H28N4O4S2/c1-21-11-16-27-29(17-21)43-33(36-27)37-30(38)20-42-26-14-12-24(13-15-26)34-32(40)28(19-22-7-6-10-25(18-22)41-2)35-31(39)23-8-4-3-5-9-23/h3-19H,20H2,1-2H3,(H,34,40)(H,35,39)(H,36,37,38)/b28-19-. The molecule has 0 radical (unpaired) electrons. The first-order chi connectivity index (χ1) is 20.9. The Balaban J connectivity index is 1.22. The van der Waals surface area contributed by atoms with Crippen molar-refractivity contribution in [2.24, 2.45) is 0 Å². The van der Waals surface area contributed by atoms with Crippen LogP contribution in [-0.4, -0.2) is 35.6 Å². The molecule has 0 saturated carbocycles. The fraction of sp³-hybridized carbons (Fsp3) is 0.0909. The second-order valence-corrected chi connectivity index (χ2v) is 11.5. The summed E-state index contributed by atoms with van der Waals surface area (Å²) in [5.74, 6) is -0.215. The molecule has 0 unspecified atom stereocenters. The van der Waals surface area contributed by atoms with Crippen LogP contribution < -0.4 is 20.7 Å². The number of ether oxygens (including phenoxy) is 1. The third-order valence-corrected chi connectivity index (χ3v) is 8.15. The summed E-state index contributed by atoms with van der Waals surface area (Å²) in [6, 6.07) is 29.0. The topological polar surface area (TPSA) is 109 Å². The molecular formula is C33H28N4O4S2. The third kappa shape index (κ3) is 8.09. The van der Waals surface area contributed by atoms with Gasteiger partial charge in [-0.1, -0.05) is 47.7 Å². The Bertz CT molecular complexity index is 1800. The molecule has 0 aliphatic rings. The van der Waals surface area contributed by atoms with Crippen molar-refractivity contribution in [2.45, 2.75) is 11.8 Å². The molecule has 0 fully saturated rings. The van der Waals surface area contributed by atoms with Gasteiger partial charge in [0.2, 0.25) is 5.91 Å². The van der Waals surface area contributed by atoms with Crippen LogP contribution in [0.15, 0.2) is 108 Å². The zero-order valence-corrected chi connectivity index (χ0v) is 25.1. The number of anilines is 2. The van der Waals surface area contributed by atoms with Gasteiger partial charge in [-0.25, -0.2) is 4.98 Å². The average molecular weight is 609 g/mol. The number of aryl methyl sites for hydroxylation is 1. The molecule has 216 valence electrons. The summed E-state index contributed by atoms with van der Waals surface area (Å²) in [6.45, 7) is 2.02. The number of fused-ring (bicyclic) bond motifs is 1. The van der Waals surface area contributed by atoms with E-state index in [0.29, 0.717) is 27.7 Å². The maximum absolute atomic E-state index is 13.3. The van der Waals surface area contributed by atoms with Gasteiger partial charge in [0.05, 0.1) is 23.1 Å². The molecule has 8 nitrogen and oxygen atoms in total. The van der Waals surface area contributed by atoms with Crippen LogP contribution in [0.3, 0.4) is 0 Å². The molecule has 3 N–H and O–H groups in total. The van der Waals surface area contributed by atoms with E-state index in [4.69, 9.17) is 4.74 Å². The lowest BCUT2D eigenvalue weighted by Crippen LogP contribution is -2.30. The number of amides is 3. The Morgan fingerprint density at radius 1 is 0.907 bits per heavy atom. The van der Waals surface area contributed by atoms with Crippen molar-refractivity contribution in [1.82, 2.24) is 10.3 Å². The van der Waals surface area contributed by atoms with Crippen LogP contribution >= 0.6 is 23.1 Å². The monoisotopic (exact) mass is 608 g/mol. The molecule has 0 atom stereocenters. The SMILES string of the molecule is COc1cccc(/C=C(\NC(=O)c2ccccc2)C(=O)Nc2ccc(SCC(=O)Nc3nc4ccc(C)cc4s3)cc2)c1. The third-order valence-electron chi connectivity index (χ3n) is 6.21. The number of methoxy groups -OCH3 is 1. The highest BCUT2D eigenvalue weighted by molar-refractivity contribution is 8.00. The van der Waals surface area contributed by atoms with E-state index in [0.717, 1.165) is 20.7 Å². The molecule has 0 aliphatic heterocycles. The van der Waals surface area contributed by atoms with Gasteiger partial charge < -0.3 is 20.7 Å². The first-order valence-electron chi connectivity index (χ1n) is 13.3. The average Bonchev–Trinajstić information content (AvgIpc) is 3.42. The number of carbonyl (C=O) groups is 3. The first kappa shape index (κ1) is 29.6. The van der Waals surface area contributed by atoms with Crippen molar-refractivity contribution in [2.75, 3.05) is 23.5 Å². The number of carbonyl (C=O) groups excluding carboxylic acids is 3. The Morgan fingerprint density at radius 2 is 1.70 bits per heavy atom. The molecule has 5 rings (SSSR count). The second-order valence-electron chi connectivity index (χ2n) is 9.46. The number of hydrogen-bond donors (Lipinski definition) is 3. The molecule has 10 heteroatoms. The van der Waals surface area contributed by atoms with Crippen molar-refractivity contribution >= 4 is 67.9 Å². The highest BCUT2D eigenvalue weighted by atomic mass is 32.2. The first-order valence-corrected chi connectivity index (χ1v) is 15.1. The van der Waals surface area contributed by atoms with E-state index in [2.05, 4.69) is 20.9 Å². The number of hydrogen-bond acceptors (Lipinski definition) is 7. The van der Waals surface area contributed by atoms with E-state index < -0.39 is 11.8 Å². The highest BCUT2D eigenvalue weighted by Crippen LogP contribution is 2.27. The maximum atomic E-state index is 13.3. The normalized spacial score (nSPS) is 11.2. The Hall–Kier alpha value is -4.93. The van der Waals surface area contributed by atoms with Crippen molar-refractivity contribution in [3.8, 4) is 5.75 Å². The van der Waals surface area contributed by atoms with Gasteiger partial charge in [0.25, 0.3) is 11.8 Å². The summed E-state index contributed by atoms with van der Waals surface area (Å²) in [7, 11) is 1.56. The lowest BCUT2D eigenvalue weighted by atomic mass is 10.1. The summed E-state index contributed by atoms with van der Waals surface area (Å²) >= 11 is 2.82. The lowest BCUT2D eigenvalue weighted by Gasteiger charge is -2.12. The molecule has 0 spiro atoms. The minimum Gasteiger partial charge on any atom is -0.497 e. The predicted octanol–water partition coefficient (Wildman–Crippen LogP) is 6.75. The fourth-order valence-electron chi connectivity index (χ4n) is 4.06. The number of thiazole rings is 1. The van der Waals surface area contributed by atoms with Gasteiger partial charge in [-0.15, -0.1) is 11.8 Å². The molecule has 5 aromatic rings. The number of benzene rings is 4. The molecule has 0 saturated heterocycles. The zero-order valence-electron chi connectivity index (χ0n) is 23.4. The van der Waals surface area contributed by atoms with E-state index >= 15 is 0 Å². The number of aromatic nitrogens is 1. The minimum atomic E-state index is -0.488. The number of nitrogens with zero attached hydrogens (tertiary/aromatic N) is 1. The number of rotatable bonds is 10. The van der Waals surface area contributed by atoms with Gasteiger partial charge in [0.15, 0.2) is 5.13 Å². The lowest BCUT2D eigenvalue weighted by molar-refractivity contribution is -0.114. The molecule has 3 amide bonds. The molecule has 1 heterocycles. The zero-order chi connectivity index (χ0) is 30.2. The maximum Gasteiger partial charge on any atom is 0.272 e. The molecule has 0 bridgehead atoms. The van der Waals surface area contributed by atoms with Crippen LogP contribution in [0.2, 0.25) is 0 Å². The van der Waals surface area contributed by atoms with Gasteiger partial charge in [-0.3, -0.25) is 14.4 Å². The van der Waals surface area contributed by atoms with Crippen LogP contribution in [0.25, 0.3) is 16.3 Å². The van der Waals surface area contributed by atoms with Crippen molar-refractivity contribution in [3.63, 3.8) is 0 Å². The van der Waals surface area contributed by atoms with Crippen LogP contribution in [0.5, 0.6) is 5.75 Å². The van der Waals surface area contributed by atoms with Crippen LogP contribution in [0.4, 0.5) is 10.8 Å². The number of thioether (sulfide) groups is 1. The van der Waals surface area contributed by atoms with Gasteiger partial charge in [0.1, 0.15) is 11.4 Å². The van der Waals surface area contributed by atoms with E-state index in [1.54, 1.807) is 67.8 Å². The highest BCUT2D eigenvalue weighted by Gasteiger charge is 2.16. The van der Waals surface area contributed by atoms with E-state index in [-0.39, 0.29) is 17.4 Å². The van der Waals surface area contributed by atoms with Crippen molar-refractivity contribution in [1.29, 1.82) is 0 Å². The van der Waals surface area contributed by atoms with Crippen molar-refractivity contribution in [3.05, 3.63) is 119 Å². The molecule has 1 aromatic heterocycles. The fourth-order valence-corrected chi connectivity index (χ4v) is 5.74. The van der Waals surface area contributed by atoms with Gasteiger partial charge >= 0.3 is 0 Å². The van der Waals surface area contributed by atoms with Gasteiger partial charge in [0, 0.05) is 16.1 Å². The molecule has 0 aliphatic carbocycles. The second kappa shape index (κ2) is 13.8. The van der Waals surface area contributed by atoms with Gasteiger partial charge in [-0.2, -0.15) is 0 Å². The number of nitrogens with one attached hydrogen (secondary N) is 3. The van der Waals surface area contributed by atoms with Crippen LogP contribution in [-0.2, 0) is 9.59 Å². The Morgan fingerprint density at radius 3 is 2.47 bits per heavy atom. The molecule has 43 heavy (non-hydrogen) atoms. The van der Waals surface area contributed by atoms with E-state index in [1.165, 1.54) is 23.1 Å². The summed E-state index contributed by atoms with van der Waals surface area (Å²) in [5, 5.41) is 9.01. The van der Waals surface area contributed by atoms with Crippen LogP contribution in [0.1, 0.15) is 21.5 Å². The minimum absolute atomic E-state index is 0.0715. The molecule has 4 aromatic carbocycles. The van der Waals surface area contributed by atoms with E-state index in [1.807, 2.05) is 49.4 Å². The summed E-state index contributed by atoms with van der Waals surface area (Å²) in [6.07, 6.45) is 1.59. The largest absolute Gasteiger partial charge is 0.497 e. The van der Waals surface area contributed by atoms with Crippen molar-refractivity contribution < 1.29 is 19.1 Å². The predicted molar refractivity (Wildman–Crippen MR) is 174 cm³/mol.